The van der Waals surface area contributed by atoms with Crippen LogP contribution < -0.4 is 10.9 Å². The Morgan fingerprint density at radius 2 is 1.89 bits per heavy atom. The molecule has 1 amide bonds. The lowest BCUT2D eigenvalue weighted by molar-refractivity contribution is -0.117. The molecule has 6 heteroatoms. The van der Waals surface area contributed by atoms with Gasteiger partial charge in [-0.2, -0.15) is 5.10 Å². The molecule has 2 aromatic carbocycles. The molecule has 1 heterocycles. The van der Waals surface area contributed by atoms with Crippen molar-refractivity contribution in [3.8, 4) is 11.3 Å². The maximum absolute atomic E-state index is 12.4. The first kappa shape index (κ1) is 18.9. The number of nitrogens with zero attached hydrogens (tertiary/aromatic N) is 2. The first-order valence-corrected chi connectivity index (χ1v) is 8.93. The number of carbonyl (C=O) groups excluding carboxylic acids is 1. The number of carbonyl (C=O) groups is 1. The van der Waals surface area contributed by atoms with Gasteiger partial charge in [-0.1, -0.05) is 41.4 Å². The molecule has 0 atom stereocenters. The van der Waals surface area contributed by atoms with Gasteiger partial charge < -0.3 is 5.32 Å². The molecule has 27 heavy (non-hydrogen) atoms. The lowest BCUT2D eigenvalue weighted by Crippen LogP contribution is -2.29. The summed E-state index contributed by atoms with van der Waals surface area (Å²) in [5.74, 6) is -0.340. The van der Waals surface area contributed by atoms with Crippen molar-refractivity contribution < 1.29 is 4.79 Å². The topological polar surface area (TPSA) is 64.0 Å². The van der Waals surface area contributed by atoms with Gasteiger partial charge >= 0.3 is 0 Å². The Kier molecular flexibility index (Phi) is 5.42. The van der Waals surface area contributed by atoms with Gasteiger partial charge in [0, 0.05) is 22.3 Å². The van der Waals surface area contributed by atoms with Crippen LogP contribution in [-0.4, -0.2) is 15.7 Å². The number of amides is 1. The monoisotopic (exact) mass is 381 g/mol. The highest BCUT2D eigenvalue weighted by Gasteiger charge is 2.11. The highest BCUT2D eigenvalue weighted by Crippen LogP contribution is 2.23. The largest absolute Gasteiger partial charge is 0.324 e. The molecule has 0 spiro atoms. The fraction of sp³-hybridized carbons (Fsp3) is 0.190. The predicted molar refractivity (Wildman–Crippen MR) is 108 cm³/mol. The van der Waals surface area contributed by atoms with E-state index in [-0.39, 0.29) is 18.0 Å². The summed E-state index contributed by atoms with van der Waals surface area (Å²) in [5.41, 5.74) is 4.86. The van der Waals surface area contributed by atoms with Crippen molar-refractivity contribution in [2.24, 2.45) is 0 Å². The molecule has 3 aromatic rings. The SMILES string of the molecule is Cc1ccc(-c2ccc(=O)n(CC(=O)Nc3cccc(Cl)c3C)n2)c(C)c1. The van der Waals surface area contributed by atoms with Gasteiger partial charge in [0.25, 0.3) is 5.56 Å². The molecule has 138 valence electrons. The van der Waals surface area contributed by atoms with E-state index in [1.165, 1.54) is 10.7 Å². The van der Waals surface area contributed by atoms with Crippen LogP contribution >= 0.6 is 11.6 Å². The number of hydrogen-bond acceptors (Lipinski definition) is 3. The van der Waals surface area contributed by atoms with Crippen molar-refractivity contribution in [1.82, 2.24) is 9.78 Å². The van der Waals surface area contributed by atoms with Crippen LogP contribution in [0.5, 0.6) is 0 Å². The van der Waals surface area contributed by atoms with E-state index in [2.05, 4.69) is 16.5 Å². The maximum Gasteiger partial charge on any atom is 0.267 e. The summed E-state index contributed by atoms with van der Waals surface area (Å²) in [7, 11) is 0. The Bertz CT molecular complexity index is 1070. The summed E-state index contributed by atoms with van der Waals surface area (Å²) in [6, 6.07) is 14.4. The Hall–Kier alpha value is -2.92. The first-order valence-electron chi connectivity index (χ1n) is 8.56. The molecule has 0 radical (unpaired) electrons. The zero-order chi connectivity index (χ0) is 19.6. The molecule has 0 unspecified atom stereocenters. The summed E-state index contributed by atoms with van der Waals surface area (Å²) < 4.78 is 1.17. The van der Waals surface area contributed by atoms with E-state index in [1.807, 2.05) is 32.9 Å². The average Bonchev–Trinajstić information content (AvgIpc) is 2.61. The van der Waals surface area contributed by atoms with Gasteiger partial charge in [-0.15, -0.1) is 0 Å². The van der Waals surface area contributed by atoms with Crippen LogP contribution in [0, 0.1) is 20.8 Å². The molecule has 5 nitrogen and oxygen atoms in total. The third kappa shape index (κ3) is 4.26. The number of nitrogens with one attached hydrogen (secondary N) is 1. The summed E-state index contributed by atoms with van der Waals surface area (Å²) in [6.07, 6.45) is 0. The van der Waals surface area contributed by atoms with Crippen LogP contribution in [0.2, 0.25) is 5.02 Å². The molecular formula is C21H20ClN3O2. The zero-order valence-corrected chi connectivity index (χ0v) is 16.2. The first-order chi connectivity index (χ1) is 12.8. The second kappa shape index (κ2) is 7.76. The number of hydrogen-bond donors (Lipinski definition) is 1. The second-order valence-electron chi connectivity index (χ2n) is 6.49. The van der Waals surface area contributed by atoms with Crippen LogP contribution in [0.25, 0.3) is 11.3 Å². The van der Waals surface area contributed by atoms with E-state index in [4.69, 9.17) is 11.6 Å². The van der Waals surface area contributed by atoms with E-state index in [1.54, 1.807) is 24.3 Å². The van der Waals surface area contributed by atoms with Gasteiger partial charge in [0.2, 0.25) is 5.91 Å². The quantitative estimate of drug-likeness (QED) is 0.739. The molecule has 0 aliphatic carbocycles. The summed E-state index contributed by atoms with van der Waals surface area (Å²) >= 11 is 6.08. The number of rotatable bonds is 4. The Balaban J connectivity index is 1.85. The number of halogens is 1. The number of aromatic nitrogens is 2. The van der Waals surface area contributed by atoms with E-state index in [9.17, 15) is 9.59 Å². The fourth-order valence-electron chi connectivity index (χ4n) is 2.88. The predicted octanol–water partition coefficient (Wildman–Crippen LogP) is 4.13. The van der Waals surface area contributed by atoms with Crippen molar-refractivity contribution in [1.29, 1.82) is 0 Å². The summed E-state index contributed by atoms with van der Waals surface area (Å²) in [4.78, 5) is 24.6. The average molecular weight is 382 g/mol. The van der Waals surface area contributed by atoms with E-state index >= 15 is 0 Å². The molecule has 0 saturated carbocycles. The smallest absolute Gasteiger partial charge is 0.267 e. The van der Waals surface area contributed by atoms with Crippen molar-refractivity contribution in [2.45, 2.75) is 27.3 Å². The molecule has 3 rings (SSSR count). The lowest BCUT2D eigenvalue weighted by Gasteiger charge is -2.11. The molecule has 0 aliphatic rings. The highest BCUT2D eigenvalue weighted by molar-refractivity contribution is 6.31. The fourth-order valence-corrected chi connectivity index (χ4v) is 3.05. The van der Waals surface area contributed by atoms with Crippen molar-refractivity contribution in [2.75, 3.05) is 5.32 Å². The van der Waals surface area contributed by atoms with Gasteiger partial charge in [0.15, 0.2) is 0 Å². The molecule has 1 aromatic heterocycles. The normalized spacial score (nSPS) is 10.7. The van der Waals surface area contributed by atoms with Crippen molar-refractivity contribution in [3.63, 3.8) is 0 Å². The second-order valence-corrected chi connectivity index (χ2v) is 6.90. The summed E-state index contributed by atoms with van der Waals surface area (Å²) in [6.45, 7) is 5.66. The third-order valence-corrected chi connectivity index (χ3v) is 4.77. The van der Waals surface area contributed by atoms with E-state index in [0.29, 0.717) is 16.4 Å². The molecule has 1 N–H and O–H groups in total. The van der Waals surface area contributed by atoms with Crippen molar-refractivity contribution >= 4 is 23.2 Å². The van der Waals surface area contributed by atoms with Crippen LogP contribution in [0.1, 0.15) is 16.7 Å². The van der Waals surface area contributed by atoms with E-state index < -0.39 is 0 Å². The highest BCUT2D eigenvalue weighted by atomic mass is 35.5. The Morgan fingerprint density at radius 1 is 1.11 bits per heavy atom. The number of benzene rings is 2. The van der Waals surface area contributed by atoms with Crippen LogP contribution in [-0.2, 0) is 11.3 Å². The van der Waals surface area contributed by atoms with Gasteiger partial charge in [-0.25, -0.2) is 4.68 Å². The minimum absolute atomic E-state index is 0.177. The molecular weight excluding hydrogens is 362 g/mol. The number of aryl methyl sites for hydroxylation is 2. The maximum atomic E-state index is 12.4. The van der Waals surface area contributed by atoms with Gasteiger partial charge in [0.05, 0.1) is 5.69 Å². The minimum atomic E-state index is -0.340. The van der Waals surface area contributed by atoms with Crippen LogP contribution in [0.15, 0.2) is 53.3 Å². The summed E-state index contributed by atoms with van der Waals surface area (Å²) in [5, 5.41) is 7.72. The molecule has 0 aliphatic heterocycles. The molecule has 0 fully saturated rings. The van der Waals surface area contributed by atoms with Gasteiger partial charge in [-0.05, 0) is 50.1 Å². The molecule has 0 saturated heterocycles. The standard InChI is InChI=1S/C21H20ClN3O2/c1-13-7-8-16(14(2)11-13)19-9-10-21(27)25(24-19)12-20(26)23-18-6-4-5-17(22)15(18)3/h4-11H,12H2,1-3H3,(H,23,26). The van der Waals surface area contributed by atoms with Gasteiger partial charge in [0.1, 0.15) is 6.54 Å². The third-order valence-electron chi connectivity index (χ3n) is 4.36. The van der Waals surface area contributed by atoms with Crippen molar-refractivity contribution in [3.05, 3.63) is 80.6 Å². The van der Waals surface area contributed by atoms with Crippen LogP contribution in [0.4, 0.5) is 5.69 Å². The van der Waals surface area contributed by atoms with E-state index in [0.717, 1.165) is 22.3 Å². The zero-order valence-electron chi connectivity index (χ0n) is 15.4. The Morgan fingerprint density at radius 3 is 2.63 bits per heavy atom. The Labute approximate surface area is 162 Å². The van der Waals surface area contributed by atoms with Gasteiger partial charge in [-0.3, -0.25) is 9.59 Å². The number of anilines is 1. The lowest BCUT2D eigenvalue weighted by atomic mass is 10.0. The van der Waals surface area contributed by atoms with Crippen LogP contribution in [0.3, 0.4) is 0 Å². The molecule has 0 bridgehead atoms. The minimum Gasteiger partial charge on any atom is -0.324 e.